The number of amides is 1. The second-order valence-corrected chi connectivity index (χ2v) is 11.1. The molecule has 4 atom stereocenters. The van der Waals surface area contributed by atoms with Crippen molar-refractivity contribution in [2.45, 2.75) is 31.0 Å². The number of ether oxygens (including phenoxy) is 2. The summed E-state index contributed by atoms with van der Waals surface area (Å²) in [7, 11) is -3.67. The number of anilines is 1. The number of carbonyl (C=O) groups excluding carboxylic acids is 1. The minimum Gasteiger partial charge on any atom is -0.456 e. The Kier molecular flexibility index (Phi) is 8.40. The van der Waals surface area contributed by atoms with Gasteiger partial charge in [-0.25, -0.2) is 14.2 Å². The van der Waals surface area contributed by atoms with E-state index in [0.717, 1.165) is 29.2 Å². The van der Waals surface area contributed by atoms with Gasteiger partial charge < -0.3 is 23.9 Å². The number of halogens is 4. The standard InChI is InChI=1S/C20H18Br2F2N3O10P/c1-33-38(31,32)35-8-13-16(28)20(23,24)17(37-13)27-3-2-14(25-18(27)29)26-19(30)34-7-11-5-9-4-10(21)6-12(22)15(9)36-11/h2-6,13,16-17,28H,7-8H2,1H3,(H,31,32)(H,25,26,29,30)/t13?,16-,17?/m1/s1. The number of nitrogens with one attached hydrogen (secondary N) is 1. The smallest absolute Gasteiger partial charge is 0.456 e. The van der Waals surface area contributed by atoms with Crippen molar-refractivity contribution in [3.8, 4) is 0 Å². The van der Waals surface area contributed by atoms with Gasteiger partial charge in [-0.2, -0.15) is 13.8 Å². The van der Waals surface area contributed by atoms with Crippen LogP contribution >= 0.6 is 39.7 Å². The number of hydrogen-bond acceptors (Lipinski definition) is 10. The van der Waals surface area contributed by atoms with E-state index in [-0.39, 0.29) is 12.4 Å². The molecule has 3 aromatic rings. The van der Waals surface area contributed by atoms with E-state index in [1.165, 1.54) is 0 Å². The molecule has 4 rings (SSSR count). The number of furan rings is 1. The predicted molar refractivity (Wildman–Crippen MR) is 132 cm³/mol. The van der Waals surface area contributed by atoms with Crippen LogP contribution in [-0.4, -0.2) is 57.5 Å². The lowest BCUT2D eigenvalue weighted by Gasteiger charge is -2.21. The van der Waals surface area contributed by atoms with Crippen LogP contribution in [0.5, 0.6) is 0 Å². The van der Waals surface area contributed by atoms with Crippen LogP contribution in [0.1, 0.15) is 12.0 Å². The molecule has 13 nitrogen and oxygen atoms in total. The van der Waals surface area contributed by atoms with E-state index >= 15 is 0 Å². The molecule has 0 aliphatic carbocycles. The number of benzene rings is 1. The lowest BCUT2D eigenvalue weighted by atomic mass is 10.1. The zero-order chi connectivity index (χ0) is 27.8. The summed E-state index contributed by atoms with van der Waals surface area (Å²) < 4.78 is 66.9. The number of aliphatic hydroxyl groups is 1. The largest absolute Gasteiger partial charge is 0.472 e. The molecule has 0 spiro atoms. The third kappa shape index (κ3) is 6.15. The summed E-state index contributed by atoms with van der Waals surface area (Å²) in [5.41, 5.74) is -0.704. The number of aliphatic hydroxyl groups excluding tert-OH is 1. The number of fused-ring (bicyclic) bond motifs is 1. The van der Waals surface area contributed by atoms with Crippen LogP contribution in [-0.2, 0) is 29.7 Å². The Morgan fingerprint density at radius 3 is 2.76 bits per heavy atom. The Balaban J connectivity index is 1.40. The number of carbonyl (C=O) groups is 1. The molecule has 38 heavy (non-hydrogen) atoms. The Morgan fingerprint density at radius 2 is 2.08 bits per heavy atom. The molecule has 3 heterocycles. The number of aromatic nitrogens is 2. The Labute approximate surface area is 228 Å². The van der Waals surface area contributed by atoms with Crippen molar-refractivity contribution >= 4 is 62.6 Å². The molecule has 1 aromatic carbocycles. The van der Waals surface area contributed by atoms with Gasteiger partial charge in [0.2, 0.25) is 6.23 Å². The van der Waals surface area contributed by atoms with Gasteiger partial charge in [0.25, 0.3) is 0 Å². The normalized spacial score (nSPS) is 22.3. The van der Waals surface area contributed by atoms with E-state index in [1.54, 1.807) is 12.1 Å². The van der Waals surface area contributed by atoms with E-state index in [9.17, 15) is 32.9 Å². The fraction of sp³-hybridized carbons (Fsp3) is 0.350. The van der Waals surface area contributed by atoms with Crippen LogP contribution in [0.4, 0.5) is 19.4 Å². The first-order valence-corrected chi connectivity index (χ1v) is 13.5. The number of hydrogen-bond donors (Lipinski definition) is 3. The molecule has 1 aliphatic heterocycles. The second kappa shape index (κ2) is 11.1. The van der Waals surface area contributed by atoms with Crippen LogP contribution in [0.3, 0.4) is 0 Å². The summed E-state index contributed by atoms with van der Waals surface area (Å²) in [6, 6.07) is 6.29. The quantitative estimate of drug-likeness (QED) is 0.293. The number of rotatable bonds is 8. The lowest BCUT2D eigenvalue weighted by molar-refractivity contribution is -0.140. The summed E-state index contributed by atoms with van der Waals surface area (Å²) in [6.45, 7) is -1.18. The molecule has 18 heteroatoms. The topological polar surface area (TPSA) is 172 Å². The molecule has 0 radical (unpaired) electrons. The van der Waals surface area contributed by atoms with Gasteiger partial charge in [0.05, 0.1) is 11.1 Å². The van der Waals surface area contributed by atoms with Crippen molar-refractivity contribution < 1.29 is 51.1 Å². The molecule has 1 amide bonds. The van der Waals surface area contributed by atoms with Crippen molar-refractivity contribution in [3.63, 3.8) is 0 Å². The van der Waals surface area contributed by atoms with Gasteiger partial charge >= 0.3 is 25.5 Å². The van der Waals surface area contributed by atoms with E-state index in [2.05, 4.69) is 51.2 Å². The van der Waals surface area contributed by atoms with Crippen LogP contribution in [0.25, 0.3) is 11.0 Å². The average Bonchev–Trinajstić information content (AvgIpc) is 3.35. The molecule has 3 N–H and O–H groups in total. The van der Waals surface area contributed by atoms with Crippen molar-refractivity contribution in [1.29, 1.82) is 0 Å². The minimum absolute atomic E-state index is 0.255. The number of alkyl halides is 2. The van der Waals surface area contributed by atoms with E-state index in [0.29, 0.717) is 20.4 Å². The molecule has 3 unspecified atom stereocenters. The van der Waals surface area contributed by atoms with Crippen LogP contribution in [0.15, 0.2) is 48.6 Å². The maximum atomic E-state index is 14.6. The number of phosphoric ester groups is 1. The van der Waals surface area contributed by atoms with Gasteiger partial charge in [0.1, 0.15) is 23.3 Å². The molecule has 1 saturated heterocycles. The highest BCUT2D eigenvalue weighted by Gasteiger charge is 2.60. The minimum atomic E-state index is -4.53. The summed E-state index contributed by atoms with van der Waals surface area (Å²) >= 11 is 6.73. The molecular formula is C20H18Br2F2N3O10P. The van der Waals surface area contributed by atoms with Gasteiger partial charge in [-0.3, -0.25) is 18.9 Å². The Hall–Kier alpha value is -2.24. The highest BCUT2D eigenvalue weighted by molar-refractivity contribution is 9.11. The zero-order valence-electron chi connectivity index (χ0n) is 19.0. The molecule has 1 fully saturated rings. The van der Waals surface area contributed by atoms with E-state index in [4.69, 9.17) is 13.9 Å². The predicted octanol–water partition coefficient (Wildman–Crippen LogP) is 3.92. The van der Waals surface area contributed by atoms with Gasteiger partial charge in [-0.1, -0.05) is 15.9 Å². The maximum absolute atomic E-state index is 14.6. The monoisotopic (exact) mass is 687 g/mol. The molecule has 2 aromatic heterocycles. The average molecular weight is 689 g/mol. The summed E-state index contributed by atoms with van der Waals surface area (Å²) in [5, 5.41) is 12.9. The van der Waals surface area contributed by atoms with Crippen LogP contribution < -0.4 is 11.0 Å². The van der Waals surface area contributed by atoms with E-state index < -0.39 is 50.6 Å². The van der Waals surface area contributed by atoms with Crippen LogP contribution in [0, 0.1) is 0 Å². The lowest BCUT2D eigenvalue weighted by Crippen LogP contribution is -2.42. The second-order valence-electron chi connectivity index (χ2n) is 7.82. The van der Waals surface area contributed by atoms with Crippen molar-refractivity contribution in [2.24, 2.45) is 0 Å². The van der Waals surface area contributed by atoms with Gasteiger partial charge in [-0.05, 0) is 40.2 Å². The van der Waals surface area contributed by atoms with Crippen molar-refractivity contribution in [1.82, 2.24) is 9.55 Å². The molecule has 1 aliphatic rings. The first-order chi connectivity index (χ1) is 17.8. The highest BCUT2D eigenvalue weighted by atomic mass is 79.9. The first kappa shape index (κ1) is 28.8. The number of phosphoric acid groups is 1. The zero-order valence-corrected chi connectivity index (χ0v) is 23.1. The summed E-state index contributed by atoms with van der Waals surface area (Å²) in [6.07, 6.45) is -6.72. The number of nitrogens with zero attached hydrogens (tertiary/aromatic N) is 2. The molecule has 206 valence electrons. The maximum Gasteiger partial charge on any atom is 0.472 e. The van der Waals surface area contributed by atoms with Crippen LogP contribution in [0.2, 0.25) is 0 Å². The molecule has 0 saturated carbocycles. The molecule has 0 bridgehead atoms. The fourth-order valence-electron chi connectivity index (χ4n) is 3.46. The van der Waals surface area contributed by atoms with Gasteiger partial charge in [0, 0.05) is 23.2 Å². The highest BCUT2D eigenvalue weighted by Crippen LogP contribution is 2.46. The third-order valence-corrected chi connectivity index (χ3v) is 7.24. The van der Waals surface area contributed by atoms with Crippen molar-refractivity contribution in [3.05, 3.63) is 55.7 Å². The first-order valence-electron chi connectivity index (χ1n) is 10.5. The Morgan fingerprint density at radius 1 is 1.34 bits per heavy atom. The fourth-order valence-corrected chi connectivity index (χ4v) is 5.24. The van der Waals surface area contributed by atoms with Gasteiger partial charge in [-0.15, -0.1) is 0 Å². The summed E-state index contributed by atoms with van der Waals surface area (Å²) in [4.78, 5) is 37.3. The van der Waals surface area contributed by atoms with E-state index in [1.807, 2.05) is 6.07 Å². The Bertz CT molecular complexity index is 1470. The van der Waals surface area contributed by atoms with Gasteiger partial charge in [0.15, 0.2) is 12.7 Å². The SMILES string of the molecule is COP(=O)(O)OCC1OC(n2ccc(NC(=O)OCc3cc4cc(Br)cc(Br)c4o3)nc2=O)C(F)(F)[C@@H]1O. The molecular weight excluding hydrogens is 671 g/mol. The van der Waals surface area contributed by atoms with Crippen molar-refractivity contribution in [2.75, 3.05) is 19.0 Å². The third-order valence-electron chi connectivity index (χ3n) is 5.26. The summed E-state index contributed by atoms with van der Waals surface area (Å²) in [5.74, 6) is -3.98.